The normalized spacial score (nSPS) is 9.18. The van der Waals surface area contributed by atoms with Crippen LogP contribution < -0.4 is 0 Å². The van der Waals surface area contributed by atoms with E-state index in [1.54, 1.807) is 6.92 Å². The van der Waals surface area contributed by atoms with Crippen molar-refractivity contribution in [1.29, 1.82) is 5.26 Å². The lowest BCUT2D eigenvalue weighted by Crippen LogP contribution is -1.92. The predicted molar refractivity (Wildman–Crippen MR) is 43.9 cm³/mol. The first-order chi connectivity index (χ1) is 5.15. The molecule has 1 rings (SSSR count). The lowest BCUT2D eigenvalue weighted by atomic mass is 10.4. The first kappa shape index (κ1) is 8.18. The minimum atomic E-state index is 0.165. The second-order valence-electron chi connectivity index (χ2n) is 1.93. The van der Waals surface area contributed by atoms with E-state index >= 15 is 0 Å². The minimum absolute atomic E-state index is 0.165. The quantitative estimate of drug-likeness (QED) is 0.629. The van der Waals surface area contributed by atoms with Gasteiger partial charge in [-0.3, -0.25) is 0 Å². The third kappa shape index (κ3) is 1.56. The number of nitriles is 1. The molecule has 0 aliphatic heterocycles. The highest BCUT2D eigenvalue weighted by Gasteiger charge is 2.01. The van der Waals surface area contributed by atoms with Gasteiger partial charge in [-0.2, -0.15) is 5.26 Å². The molecular formula is C6H4ClN3S. The van der Waals surface area contributed by atoms with Crippen molar-refractivity contribution in [2.24, 2.45) is 0 Å². The molecule has 11 heavy (non-hydrogen) atoms. The Balaban J connectivity index is 3.48. The Hall–Kier alpha value is -0.920. The molecule has 0 amide bonds. The Morgan fingerprint density at radius 1 is 1.73 bits per heavy atom. The molecule has 56 valence electrons. The third-order valence-electron chi connectivity index (χ3n) is 1.15. The van der Waals surface area contributed by atoms with Crippen molar-refractivity contribution in [3.8, 4) is 6.07 Å². The summed E-state index contributed by atoms with van der Waals surface area (Å²) in [6.45, 7) is 1.73. The SMILES string of the molecule is Cc1nc(Cl)c(C#N)[nH]c1=S. The Kier molecular flexibility index (Phi) is 2.22. The van der Waals surface area contributed by atoms with Crippen LogP contribution in [0.4, 0.5) is 0 Å². The summed E-state index contributed by atoms with van der Waals surface area (Å²) in [5.41, 5.74) is 0.839. The molecule has 0 aromatic carbocycles. The van der Waals surface area contributed by atoms with Crippen molar-refractivity contribution in [3.05, 3.63) is 21.2 Å². The highest BCUT2D eigenvalue weighted by Crippen LogP contribution is 2.09. The van der Waals surface area contributed by atoms with E-state index in [1.807, 2.05) is 6.07 Å². The number of halogens is 1. The van der Waals surface area contributed by atoms with Crippen LogP contribution in [0.1, 0.15) is 11.4 Å². The summed E-state index contributed by atoms with van der Waals surface area (Å²) in [5, 5.41) is 8.65. The van der Waals surface area contributed by atoms with E-state index in [0.29, 0.717) is 10.3 Å². The highest BCUT2D eigenvalue weighted by atomic mass is 35.5. The van der Waals surface area contributed by atoms with Crippen LogP contribution in [0.5, 0.6) is 0 Å². The van der Waals surface area contributed by atoms with E-state index in [2.05, 4.69) is 9.97 Å². The Morgan fingerprint density at radius 3 is 2.91 bits per heavy atom. The molecule has 0 bridgehead atoms. The summed E-state index contributed by atoms with van der Waals surface area (Å²) < 4.78 is 0.450. The molecule has 0 fully saturated rings. The van der Waals surface area contributed by atoms with Gasteiger partial charge in [0.25, 0.3) is 0 Å². The highest BCUT2D eigenvalue weighted by molar-refractivity contribution is 7.71. The van der Waals surface area contributed by atoms with E-state index in [9.17, 15) is 0 Å². The maximum Gasteiger partial charge on any atom is 0.163 e. The van der Waals surface area contributed by atoms with Crippen LogP contribution in [0.15, 0.2) is 0 Å². The molecule has 0 radical (unpaired) electrons. The number of aromatic nitrogens is 2. The molecule has 1 heterocycles. The first-order valence-electron chi connectivity index (χ1n) is 2.81. The van der Waals surface area contributed by atoms with Gasteiger partial charge in [-0.15, -0.1) is 0 Å². The Morgan fingerprint density at radius 2 is 2.36 bits per heavy atom. The minimum Gasteiger partial charge on any atom is -0.334 e. The van der Waals surface area contributed by atoms with E-state index in [1.165, 1.54) is 0 Å². The lowest BCUT2D eigenvalue weighted by molar-refractivity contribution is 1.08. The molecular weight excluding hydrogens is 182 g/mol. The van der Waals surface area contributed by atoms with Crippen LogP contribution >= 0.6 is 23.8 Å². The molecule has 0 aliphatic carbocycles. The second-order valence-corrected chi connectivity index (χ2v) is 2.70. The summed E-state index contributed by atoms with van der Waals surface area (Å²) in [5.74, 6) is 0. The largest absolute Gasteiger partial charge is 0.334 e. The summed E-state index contributed by atoms with van der Waals surface area (Å²) in [4.78, 5) is 6.50. The van der Waals surface area contributed by atoms with E-state index in [0.717, 1.165) is 0 Å². The van der Waals surface area contributed by atoms with Gasteiger partial charge in [-0.25, -0.2) is 4.98 Å². The van der Waals surface area contributed by atoms with Gasteiger partial charge in [0.05, 0.1) is 5.69 Å². The van der Waals surface area contributed by atoms with Crippen molar-refractivity contribution in [3.63, 3.8) is 0 Å². The van der Waals surface area contributed by atoms with Crippen molar-refractivity contribution < 1.29 is 0 Å². The van der Waals surface area contributed by atoms with Crippen molar-refractivity contribution in [2.75, 3.05) is 0 Å². The monoisotopic (exact) mass is 185 g/mol. The fraction of sp³-hybridized carbons (Fsp3) is 0.167. The van der Waals surface area contributed by atoms with Gasteiger partial charge in [0.2, 0.25) is 0 Å². The van der Waals surface area contributed by atoms with Gasteiger partial charge in [0.15, 0.2) is 10.8 Å². The van der Waals surface area contributed by atoms with Gasteiger partial charge >= 0.3 is 0 Å². The van der Waals surface area contributed by atoms with Gasteiger partial charge < -0.3 is 4.98 Å². The van der Waals surface area contributed by atoms with Gasteiger partial charge in [-0.1, -0.05) is 23.8 Å². The lowest BCUT2D eigenvalue weighted by Gasteiger charge is -1.95. The standard InChI is InChI=1S/C6H4ClN3S/c1-3-6(11)10-4(2-8)5(7)9-3/h1H3,(H,10,11). The molecule has 1 aromatic heterocycles. The molecule has 1 N–H and O–H groups in total. The Labute approximate surface area is 73.7 Å². The van der Waals surface area contributed by atoms with Gasteiger partial charge in [0.1, 0.15) is 10.7 Å². The molecule has 1 aromatic rings. The van der Waals surface area contributed by atoms with E-state index in [4.69, 9.17) is 29.1 Å². The fourth-order valence-corrected chi connectivity index (χ4v) is 0.948. The van der Waals surface area contributed by atoms with Gasteiger partial charge in [-0.05, 0) is 6.92 Å². The first-order valence-corrected chi connectivity index (χ1v) is 3.60. The predicted octanol–water partition coefficient (Wildman–Crippen LogP) is 1.97. The summed E-state index contributed by atoms with van der Waals surface area (Å²) in [6, 6.07) is 1.85. The maximum absolute atomic E-state index is 8.48. The summed E-state index contributed by atoms with van der Waals surface area (Å²) >= 11 is 10.4. The molecule has 0 saturated carbocycles. The van der Waals surface area contributed by atoms with Crippen LogP contribution in [0.3, 0.4) is 0 Å². The number of H-pyrrole nitrogens is 1. The molecule has 3 nitrogen and oxygen atoms in total. The number of rotatable bonds is 0. The molecule has 0 saturated heterocycles. The Bertz CT molecular complexity index is 376. The van der Waals surface area contributed by atoms with Gasteiger partial charge in [0, 0.05) is 0 Å². The van der Waals surface area contributed by atoms with Crippen LogP contribution in [0, 0.1) is 22.9 Å². The van der Waals surface area contributed by atoms with Crippen LogP contribution in [-0.4, -0.2) is 9.97 Å². The topological polar surface area (TPSA) is 52.5 Å². The fourth-order valence-electron chi connectivity index (χ4n) is 0.584. The smallest absolute Gasteiger partial charge is 0.163 e. The molecule has 0 atom stereocenters. The number of aromatic amines is 1. The number of hydrogen-bond acceptors (Lipinski definition) is 3. The zero-order chi connectivity index (χ0) is 8.43. The van der Waals surface area contributed by atoms with Crippen LogP contribution in [-0.2, 0) is 0 Å². The number of hydrogen-bond donors (Lipinski definition) is 1. The average Bonchev–Trinajstić information content (AvgIpc) is 1.97. The summed E-state index contributed by atoms with van der Waals surface area (Å²) in [6.07, 6.45) is 0. The van der Waals surface area contributed by atoms with E-state index in [-0.39, 0.29) is 10.8 Å². The maximum atomic E-state index is 8.48. The van der Waals surface area contributed by atoms with E-state index < -0.39 is 0 Å². The number of nitrogens with one attached hydrogen (secondary N) is 1. The molecule has 0 aliphatic rings. The van der Waals surface area contributed by atoms with Crippen molar-refractivity contribution >= 4 is 23.8 Å². The van der Waals surface area contributed by atoms with Crippen molar-refractivity contribution in [2.45, 2.75) is 6.92 Å². The zero-order valence-corrected chi connectivity index (χ0v) is 7.25. The summed E-state index contributed by atoms with van der Waals surface area (Å²) in [7, 11) is 0. The number of nitrogens with zero attached hydrogens (tertiary/aromatic N) is 2. The number of aryl methyl sites for hydroxylation is 1. The molecule has 0 unspecified atom stereocenters. The molecule has 5 heteroatoms. The van der Waals surface area contributed by atoms with Crippen LogP contribution in [0.2, 0.25) is 5.15 Å². The third-order valence-corrected chi connectivity index (χ3v) is 1.82. The molecule has 0 spiro atoms. The average molecular weight is 186 g/mol. The second kappa shape index (κ2) is 2.99. The van der Waals surface area contributed by atoms with Crippen molar-refractivity contribution in [1.82, 2.24) is 9.97 Å². The van der Waals surface area contributed by atoms with Crippen LogP contribution in [0.25, 0.3) is 0 Å². The zero-order valence-electron chi connectivity index (χ0n) is 5.68.